The molecule has 5 nitrogen and oxygen atoms in total. The second-order valence-electron chi connectivity index (χ2n) is 6.55. The SMILES string of the molecule is CC(=O)n1cc(-c2ccc(S(=O)N3CCNCC3)cc2)c2ccc(F)cc21. The first-order valence-electron chi connectivity index (χ1n) is 8.84. The molecule has 1 aliphatic heterocycles. The van der Waals surface area contributed by atoms with Gasteiger partial charge < -0.3 is 5.32 Å². The van der Waals surface area contributed by atoms with Gasteiger partial charge in [0, 0.05) is 50.2 Å². The number of carbonyl (C=O) groups excluding carboxylic acids is 1. The molecule has 4 rings (SSSR count). The van der Waals surface area contributed by atoms with Crippen LogP contribution in [0.1, 0.15) is 11.7 Å². The van der Waals surface area contributed by atoms with Crippen molar-refractivity contribution in [3.8, 4) is 11.1 Å². The molecule has 3 aromatic rings. The van der Waals surface area contributed by atoms with Gasteiger partial charge in [-0.05, 0) is 35.9 Å². The molecule has 1 saturated heterocycles. The molecule has 0 saturated carbocycles. The summed E-state index contributed by atoms with van der Waals surface area (Å²) < 4.78 is 29.8. The van der Waals surface area contributed by atoms with Gasteiger partial charge in [0.05, 0.1) is 10.4 Å². The van der Waals surface area contributed by atoms with Crippen molar-refractivity contribution < 1.29 is 13.4 Å². The van der Waals surface area contributed by atoms with Crippen LogP contribution in [0.5, 0.6) is 0 Å². The monoisotopic (exact) mass is 385 g/mol. The van der Waals surface area contributed by atoms with Gasteiger partial charge in [0.25, 0.3) is 0 Å². The van der Waals surface area contributed by atoms with E-state index in [4.69, 9.17) is 0 Å². The first kappa shape index (κ1) is 18.0. The molecular formula is C20H20FN3O2S. The lowest BCUT2D eigenvalue weighted by Gasteiger charge is -2.25. The fraction of sp³-hybridized carbons (Fsp3) is 0.250. The number of piperazine rings is 1. The highest BCUT2D eigenvalue weighted by atomic mass is 32.2. The average Bonchev–Trinajstić information content (AvgIpc) is 3.07. The summed E-state index contributed by atoms with van der Waals surface area (Å²) in [5.41, 5.74) is 2.29. The number of carbonyl (C=O) groups is 1. The number of aromatic nitrogens is 1. The number of rotatable bonds is 3. The number of benzene rings is 2. The average molecular weight is 385 g/mol. The Labute approximate surface area is 159 Å². The molecule has 1 atom stereocenters. The Kier molecular flexibility index (Phi) is 4.90. The van der Waals surface area contributed by atoms with Gasteiger partial charge in [0.15, 0.2) is 0 Å². The first-order valence-corrected chi connectivity index (χ1v) is 9.95. The summed E-state index contributed by atoms with van der Waals surface area (Å²) in [6, 6.07) is 12.0. The van der Waals surface area contributed by atoms with Crippen LogP contribution >= 0.6 is 0 Å². The van der Waals surface area contributed by atoms with E-state index in [1.54, 1.807) is 12.3 Å². The smallest absolute Gasteiger partial charge is 0.227 e. The third-order valence-electron chi connectivity index (χ3n) is 4.78. The van der Waals surface area contributed by atoms with E-state index < -0.39 is 11.0 Å². The zero-order valence-corrected chi connectivity index (χ0v) is 15.8. The highest BCUT2D eigenvalue weighted by molar-refractivity contribution is 7.82. The second kappa shape index (κ2) is 7.34. The Hall–Kier alpha value is -2.35. The molecule has 140 valence electrons. The zero-order valence-electron chi connectivity index (χ0n) is 14.9. The van der Waals surface area contributed by atoms with E-state index in [1.165, 1.54) is 23.6 Å². The molecule has 1 aromatic heterocycles. The third kappa shape index (κ3) is 3.45. The largest absolute Gasteiger partial charge is 0.314 e. The maximum Gasteiger partial charge on any atom is 0.227 e. The van der Waals surface area contributed by atoms with E-state index >= 15 is 0 Å². The molecule has 0 aliphatic carbocycles. The zero-order chi connectivity index (χ0) is 19.0. The van der Waals surface area contributed by atoms with Gasteiger partial charge in [-0.2, -0.15) is 0 Å². The summed E-state index contributed by atoms with van der Waals surface area (Å²) in [4.78, 5) is 12.7. The van der Waals surface area contributed by atoms with Gasteiger partial charge in [-0.1, -0.05) is 12.1 Å². The van der Waals surface area contributed by atoms with Crippen LogP contribution in [0.25, 0.3) is 22.0 Å². The van der Waals surface area contributed by atoms with E-state index in [2.05, 4.69) is 5.32 Å². The van der Waals surface area contributed by atoms with Gasteiger partial charge in [-0.3, -0.25) is 9.36 Å². The van der Waals surface area contributed by atoms with Gasteiger partial charge in [0.2, 0.25) is 5.91 Å². The quantitative estimate of drug-likeness (QED) is 0.754. The van der Waals surface area contributed by atoms with Gasteiger partial charge in [-0.15, -0.1) is 0 Å². The minimum Gasteiger partial charge on any atom is -0.314 e. The van der Waals surface area contributed by atoms with Crippen molar-refractivity contribution in [1.29, 1.82) is 0 Å². The Balaban J connectivity index is 1.70. The van der Waals surface area contributed by atoms with Crippen LogP contribution < -0.4 is 5.32 Å². The van der Waals surface area contributed by atoms with Crippen LogP contribution in [-0.4, -0.2) is 45.2 Å². The minimum absolute atomic E-state index is 0.173. The third-order valence-corrected chi connectivity index (χ3v) is 6.29. The summed E-state index contributed by atoms with van der Waals surface area (Å²) >= 11 is 0. The Morgan fingerprint density at radius 1 is 1.11 bits per heavy atom. The Morgan fingerprint density at radius 2 is 1.81 bits per heavy atom. The molecule has 2 aromatic carbocycles. The predicted octanol–water partition coefficient (Wildman–Crippen LogP) is 3.04. The van der Waals surface area contributed by atoms with Crippen LogP contribution in [0.3, 0.4) is 0 Å². The van der Waals surface area contributed by atoms with Gasteiger partial charge in [0.1, 0.15) is 16.8 Å². The fourth-order valence-corrected chi connectivity index (χ4v) is 4.58. The van der Waals surface area contributed by atoms with E-state index in [0.717, 1.165) is 47.6 Å². The Morgan fingerprint density at radius 3 is 2.48 bits per heavy atom. The number of nitrogens with zero attached hydrogens (tertiary/aromatic N) is 2. The topological polar surface area (TPSA) is 54.3 Å². The number of hydrogen-bond acceptors (Lipinski definition) is 3. The summed E-state index contributed by atoms with van der Waals surface area (Å²) in [6.07, 6.45) is 1.73. The summed E-state index contributed by atoms with van der Waals surface area (Å²) in [5, 5.41) is 4.06. The normalized spacial score (nSPS) is 16.5. The van der Waals surface area contributed by atoms with Crippen LogP contribution in [0.4, 0.5) is 4.39 Å². The molecular weight excluding hydrogens is 365 g/mol. The fourth-order valence-electron chi connectivity index (χ4n) is 3.40. The van der Waals surface area contributed by atoms with Crippen LogP contribution in [-0.2, 0) is 11.0 Å². The maximum absolute atomic E-state index is 13.6. The summed E-state index contributed by atoms with van der Waals surface area (Å²) in [6.45, 7) is 4.64. The van der Waals surface area contributed by atoms with Crippen molar-refractivity contribution in [2.75, 3.05) is 26.2 Å². The number of halogens is 1. The molecule has 0 spiro atoms. The number of nitrogens with one attached hydrogen (secondary N) is 1. The van der Waals surface area contributed by atoms with Gasteiger partial charge >= 0.3 is 0 Å². The minimum atomic E-state index is -1.18. The van der Waals surface area contributed by atoms with Crippen LogP contribution in [0, 0.1) is 5.82 Å². The van der Waals surface area contributed by atoms with Crippen molar-refractivity contribution in [3.05, 3.63) is 54.5 Å². The lowest BCUT2D eigenvalue weighted by Crippen LogP contribution is -2.44. The number of hydrogen-bond donors (Lipinski definition) is 1. The molecule has 27 heavy (non-hydrogen) atoms. The predicted molar refractivity (Wildman–Crippen MR) is 104 cm³/mol. The van der Waals surface area contributed by atoms with Crippen molar-refractivity contribution in [2.24, 2.45) is 0 Å². The van der Waals surface area contributed by atoms with Crippen molar-refractivity contribution in [3.63, 3.8) is 0 Å². The second-order valence-corrected chi connectivity index (χ2v) is 8.03. The molecule has 1 fully saturated rings. The molecule has 1 unspecified atom stereocenters. The van der Waals surface area contributed by atoms with Gasteiger partial charge in [-0.25, -0.2) is 12.9 Å². The first-order chi connectivity index (χ1) is 13.0. The van der Waals surface area contributed by atoms with Crippen LogP contribution in [0.15, 0.2) is 53.6 Å². The van der Waals surface area contributed by atoms with Crippen LogP contribution in [0.2, 0.25) is 0 Å². The van der Waals surface area contributed by atoms with E-state index in [-0.39, 0.29) is 11.7 Å². The van der Waals surface area contributed by atoms with E-state index in [0.29, 0.717) is 5.52 Å². The highest BCUT2D eigenvalue weighted by Gasteiger charge is 2.18. The van der Waals surface area contributed by atoms with E-state index in [1.807, 2.05) is 28.6 Å². The molecule has 0 amide bonds. The van der Waals surface area contributed by atoms with E-state index in [9.17, 15) is 13.4 Å². The summed E-state index contributed by atoms with van der Waals surface area (Å²) in [5.74, 6) is -0.551. The molecule has 2 heterocycles. The summed E-state index contributed by atoms with van der Waals surface area (Å²) in [7, 11) is -1.18. The molecule has 1 aliphatic rings. The molecule has 7 heteroatoms. The highest BCUT2D eigenvalue weighted by Crippen LogP contribution is 2.32. The maximum atomic E-state index is 13.6. The molecule has 1 N–H and O–H groups in total. The molecule has 0 radical (unpaired) electrons. The molecule has 0 bridgehead atoms. The van der Waals surface area contributed by atoms with Crippen molar-refractivity contribution in [2.45, 2.75) is 11.8 Å². The number of fused-ring (bicyclic) bond motifs is 1. The van der Waals surface area contributed by atoms with Crippen molar-refractivity contribution in [1.82, 2.24) is 14.2 Å². The lowest BCUT2D eigenvalue weighted by atomic mass is 10.1. The Bertz CT molecular complexity index is 1020. The van der Waals surface area contributed by atoms with Crippen molar-refractivity contribution >= 4 is 27.8 Å². The lowest BCUT2D eigenvalue weighted by molar-refractivity contribution is 0.0941. The standard InChI is InChI=1S/C20H20FN3O2S/c1-14(25)24-13-19(18-7-4-16(21)12-20(18)24)15-2-5-17(6-3-15)27(26)23-10-8-22-9-11-23/h2-7,12-13,22H,8-11H2,1H3.